The Kier molecular flexibility index (Phi) is 4.77. The van der Waals surface area contributed by atoms with Crippen LogP contribution in [0.3, 0.4) is 0 Å². The lowest BCUT2D eigenvalue weighted by molar-refractivity contribution is -0.116. The van der Waals surface area contributed by atoms with Crippen molar-refractivity contribution in [3.05, 3.63) is 41.7 Å². The highest BCUT2D eigenvalue weighted by molar-refractivity contribution is 5.92. The molecule has 0 atom stereocenters. The number of ether oxygens (including phenoxy) is 1. The summed E-state index contributed by atoms with van der Waals surface area (Å²) in [7, 11) is 1.54. The van der Waals surface area contributed by atoms with E-state index in [1.807, 2.05) is 19.1 Å². The summed E-state index contributed by atoms with van der Waals surface area (Å²) in [6.45, 7) is 2.22. The van der Waals surface area contributed by atoms with Gasteiger partial charge in [-0.25, -0.2) is 4.79 Å². The minimum Gasteiger partial charge on any atom is -0.495 e. The van der Waals surface area contributed by atoms with Gasteiger partial charge in [0.15, 0.2) is 0 Å². The number of aromatic nitrogens is 2. The van der Waals surface area contributed by atoms with Crippen molar-refractivity contribution in [3.8, 4) is 5.75 Å². The predicted molar refractivity (Wildman–Crippen MR) is 80.2 cm³/mol. The van der Waals surface area contributed by atoms with Gasteiger partial charge in [0.2, 0.25) is 5.91 Å². The van der Waals surface area contributed by atoms with E-state index in [2.05, 4.69) is 10.4 Å². The molecule has 1 aromatic carbocycles. The first-order chi connectivity index (χ1) is 10.5. The van der Waals surface area contributed by atoms with Gasteiger partial charge in [-0.15, -0.1) is 0 Å². The summed E-state index contributed by atoms with van der Waals surface area (Å²) >= 11 is 0. The van der Waals surface area contributed by atoms with E-state index in [1.165, 1.54) is 24.2 Å². The average Bonchev–Trinajstić information content (AvgIpc) is 2.94. The molecular weight excluding hydrogens is 286 g/mol. The Bertz CT molecular complexity index is 694. The van der Waals surface area contributed by atoms with Crippen LogP contribution < -0.4 is 10.1 Å². The predicted octanol–water partition coefficient (Wildman–Crippen LogP) is 1.93. The number of carbonyl (C=O) groups excluding carboxylic acids is 1. The largest absolute Gasteiger partial charge is 0.495 e. The van der Waals surface area contributed by atoms with Gasteiger partial charge in [-0.3, -0.25) is 9.48 Å². The Morgan fingerprint density at radius 3 is 2.82 bits per heavy atom. The first-order valence-corrected chi connectivity index (χ1v) is 6.70. The van der Waals surface area contributed by atoms with Gasteiger partial charge in [-0.1, -0.05) is 6.07 Å². The Balaban J connectivity index is 1.95. The quantitative estimate of drug-likeness (QED) is 0.850. The summed E-state index contributed by atoms with van der Waals surface area (Å²) in [5.41, 5.74) is 1.72. The minimum absolute atomic E-state index is 0.0979. The van der Waals surface area contributed by atoms with Gasteiger partial charge < -0.3 is 15.2 Å². The summed E-state index contributed by atoms with van der Waals surface area (Å²) in [5.74, 6) is -0.650. The summed E-state index contributed by atoms with van der Waals surface area (Å²) in [5, 5.41) is 15.5. The van der Waals surface area contributed by atoms with Crippen molar-refractivity contribution in [2.24, 2.45) is 0 Å². The molecule has 2 rings (SSSR count). The molecule has 0 spiro atoms. The van der Waals surface area contributed by atoms with Crippen LogP contribution in [0.2, 0.25) is 0 Å². The van der Waals surface area contributed by atoms with Crippen LogP contribution >= 0.6 is 0 Å². The molecule has 1 amide bonds. The van der Waals surface area contributed by atoms with E-state index < -0.39 is 5.97 Å². The van der Waals surface area contributed by atoms with Crippen molar-refractivity contribution < 1.29 is 19.4 Å². The highest BCUT2D eigenvalue weighted by Gasteiger charge is 2.10. The van der Waals surface area contributed by atoms with Gasteiger partial charge in [0.05, 0.1) is 24.6 Å². The zero-order valence-corrected chi connectivity index (χ0v) is 12.4. The number of carboxylic acids is 1. The smallest absolute Gasteiger partial charge is 0.338 e. The van der Waals surface area contributed by atoms with E-state index in [-0.39, 0.29) is 17.9 Å². The molecular formula is C15H17N3O4. The molecule has 0 saturated carbocycles. The van der Waals surface area contributed by atoms with E-state index >= 15 is 0 Å². The van der Waals surface area contributed by atoms with E-state index in [0.717, 1.165) is 5.56 Å². The number of amides is 1. The molecule has 0 unspecified atom stereocenters. The van der Waals surface area contributed by atoms with Crippen LogP contribution in [0.15, 0.2) is 30.6 Å². The molecule has 2 aromatic rings. The number of methoxy groups -OCH3 is 1. The van der Waals surface area contributed by atoms with Gasteiger partial charge in [-0.05, 0) is 24.6 Å². The SMILES string of the molecule is COc1ccc(C)cc1NC(=O)CCn1cc(C(=O)O)cn1. The molecule has 116 valence electrons. The third-order valence-electron chi connectivity index (χ3n) is 3.08. The molecule has 22 heavy (non-hydrogen) atoms. The Hall–Kier alpha value is -2.83. The highest BCUT2D eigenvalue weighted by Crippen LogP contribution is 2.25. The molecule has 7 heteroatoms. The first kappa shape index (κ1) is 15.6. The highest BCUT2D eigenvalue weighted by atomic mass is 16.5. The maximum Gasteiger partial charge on any atom is 0.338 e. The Labute approximate surface area is 127 Å². The average molecular weight is 303 g/mol. The number of hydrogen-bond acceptors (Lipinski definition) is 4. The van der Waals surface area contributed by atoms with Gasteiger partial charge >= 0.3 is 5.97 Å². The Morgan fingerprint density at radius 1 is 1.41 bits per heavy atom. The molecule has 2 N–H and O–H groups in total. The van der Waals surface area contributed by atoms with Crippen LogP contribution in [0.5, 0.6) is 5.75 Å². The number of anilines is 1. The fourth-order valence-electron chi connectivity index (χ4n) is 1.94. The molecule has 0 aliphatic rings. The lowest BCUT2D eigenvalue weighted by atomic mass is 10.2. The number of benzene rings is 1. The van der Waals surface area contributed by atoms with Gasteiger partial charge in [0.25, 0.3) is 0 Å². The van der Waals surface area contributed by atoms with Crippen molar-refractivity contribution >= 4 is 17.6 Å². The second kappa shape index (κ2) is 6.75. The lowest BCUT2D eigenvalue weighted by Crippen LogP contribution is -2.15. The van der Waals surface area contributed by atoms with Crippen molar-refractivity contribution in [2.45, 2.75) is 19.9 Å². The zero-order valence-electron chi connectivity index (χ0n) is 12.4. The van der Waals surface area contributed by atoms with Gasteiger partial charge in [-0.2, -0.15) is 5.10 Å². The third kappa shape index (κ3) is 3.85. The Morgan fingerprint density at radius 2 is 2.18 bits per heavy atom. The van der Waals surface area contributed by atoms with Crippen LogP contribution in [-0.4, -0.2) is 33.9 Å². The number of nitrogens with one attached hydrogen (secondary N) is 1. The molecule has 0 bridgehead atoms. The van der Waals surface area contributed by atoms with E-state index in [1.54, 1.807) is 6.07 Å². The molecule has 1 aromatic heterocycles. The fourth-order valence-corrected chi connectivity index (χ4v) is 1.94. The zero-order chi connectivity index (χ0) is 16.1. The van der Waals surface area contributed by atoms with E-state index in [4.69, 9.17) is 9.84 Å². The summed E-state index contributed by atoms with van der Waals surface area (Å²) in [6.07, 6.45) is 2.82. The molecule has 0 fully saturated rings. The minimum atomic E-state index is -1.04. The second-order valence-electron chi connectivity index (χ2n) is 4.80. The van der Waals surface area contributed by atoms with Crippen molar-refractivity contribution in [1.29, 1.82) is 0 Å². The topological polar surface area (TPSA) is 93.5 Å². The van der Waals surface area contributed by atoms with Crippen LogP contribution in [0.4, 0.5) is 5.69 Å². The monoisotopic (exact) mass is 303 g/mol. The summed E-state index contributed by atoms with van der Waals surface area (Å²) in [6, 6.07) is 5.51. The van der Waals surface area contributed by atoms with Crippen LogP contribution in [-0.2, 0) is 11.3 Å². The molecule has 1 heterocycles. The number of carboxylic acid groups (broad SMARTS) is 1. The van der Waals surface area contributed by atoms with Crippen molar-refractivity contribution in [3.63, 3.8) is 0 Å². The summed E-state index contributed by atoms with van der Waals surface area (Å²) < 4.78 is 6.62. The fraction of sp³-hybridized carbons (Fsp3) is 0.267. The maximum atomic E-state index is 12.0. The number of rotatable bonds is 6. The van der Waals surface area contributed by atoms with Crippen molar-refractivity contribution in [2.75, 3.05) is 12.4 Å². The number of carbonyl (C=O) groups is 2. The molecule has 0 saturated heterocycles. The van der Waals surface area contributed by atoms with Crippen LogP contribution in [0, 0.1) is 6.92 Å². The molecule has 0 radical (unpaired) electrons. The van der Waals surface area contributed by atoms with Gasteiger partial charge in [0.1, 0.15) is 5.75 Å². The molecule has 7 nitrogen and oxygen atoms in total. The van der Waals surface area contributed by atoms with E-state index in [0.29, 0.717) is 18.0 Å². The van der Waals surface area contributed by atoms with Crippen LogP contribution in [0.1, 0.15) is 22.3 Å². The first-order valence-electron chi connectivity index (χ1n) is 6.70. The number of aromatic carboxylic acids is 1. The summed E-state index contributed by atoms with van der Waals surface area (Å²) in [4.78, 5) is 22.7. The second-order valence-corrected chi connectivity index (χ2v) is 4.80. The lowest BCUT2D eigenvalue weighted by Gasteiger charge is -2.11. The standard InChI is InChI=1S/C15H17N3O4/c1-10-3-4-13(22-2)12(7-10)17-14(19)5-6-18-9-11(8-16-18)15(20)21/h3-4,7-9H,5-6H2,1-2H3,(H,17,19)(H,20,21). The van der Waals surface area contributed by atoms with Crippen LogP contribution in [0.25, 0.3) is 0 Å². The van der Waals surface area contributed by atoms with E-state index in [9.17, 15) is 9.59 Å². The molecule has 0 aliphatic carbocycles. The molecule has 0 aliphatic heterocycles. The third-order valence-corrected chi connectivity index (χ3v) is 3.08. The normalized spacial score (nSPS) is 10.3. The number of nitrogens with zero attached hydrogens (tertiary/aromatic N) is 2. The number of aryl methyl sites for hydroxylation is 2. The van der Waals surface area contributed by atoms with Crippen molar-refractivity contribution in [1.82, 2.24) is 9.78 Å². The number of hydrogen-bond donors (Lipinski definition) is 2. The maximum absolute atomic E-state index is 12.0. The van der Waals surface area contributed by atoms with Gasteiger partial charge in [0, 0.05) is 19.2 Å².